The largest absolute Gasteiger partial charge is 0.316 e. The van der Waals surface area contributed by atoms with Crippen LogP contribution in [0, 0.1) is 0 Å². The van der Waals surface area contributed by atoms with E-state index in [1.54, 1.807) is 0 Å². The van der Waals surface area contributed by atoms with E-state index in [0.717, 1.165) is 85.1 Å². The lowest BCUT2D eigenvalue weighted by molar-refractivity contribution is 0.191. The van der Waals surface area contributed by atoms with E-state index < -0.39 is 0 Å². The fourth-order valence-electron chi connectivity index (χ4n) is 8.59. The Hall–Kier alpha value is -2.10. The van der Waals surface area contributed by atoms with Gasteiger partial charge in [-0.1, -0.05) is 130 Å². The molecule has 2 heterocycles. The van der Waals surface area contributed by atoms with Crippen LogP contribution in [0.25, 0.3) is 0 Å². The monoisotopic (exact) mass is 1010 g/mol. The van der Waals surface area contributed by atoms with Crippen molar-refractivity contribution in [3.63, 3.8) is 0 Å². The van der Waals surface area contributed by atoms with Crippen LogP contribution in [0.5, 0.6) is 0 Å². The van der Waals surface area contributed by atoms with Crippen LogP contribution in [0.15, 0.2) is 36.4 Å². The van der Waals surface area contributed by atoms with Gasteiger partial charge in [-0.3, -0.25) is 29.6 Å². The van der Waals surface area contributed by atoms with Crippen LogP contribution >= 0.6 is 0 Å². The van der Waals surface area contributed by atoms with E-state index in [2.05, 4.69) is 217 Å². The van der Waals surface area contributed by atoms with Crippen molar-refractivity contribution in [3.05, 3.63) is 59.2 Å². The van der Waals surface area contributed by atoms with Crippen LogP contribution in [0.1, 0.15) is 167 Å². The number of nitrogens with zero attached hydrogens (tertiary/aromatic N) is 11. The minimum Gasteiger partial charge on any atom is -0.316 e. The minimum absolute atomic E-state index is 0.614. The van der Waals surface area contributed by atoms with Gasteiger partial charge in [-0.05, 0) is 149 Å². The maximum Gasteiger partial charge on any atom is 0.0547 e. The zero-order chi connectivity index (χ0) is 54.5. The summed E-state index contributed by atoms with van der Waals surface area (Å²) in [4.78, 5) is 32.0. The average molecular weight is 1010 g/mol. The molecule has 12 heteroatoms. The molecule has 0 aliphatic rings. The normalized spacial score (nSPS) is 12.6. The van der Waals surface area contributed by atoms with Gasteiger partial charge < -0.3 is 29.8 Å². The zero-order valence-electron chi connectivity index (χ0n) is 51.5. The molecule has 0 saturated heterocycles. The van der Waals surface area contributed by atoms with Crippen molar-refractivity contribution in [2.45, 2.75) is 183 Å². The van der Waals surface area contributed by atoms with E-state index in [1.165, 1.54) is 127 Å². The second-order valence-corrected chi connectivity index (χ2v) is 19.1. The molecule has 424 valence electrons. The van der Waals surface area contributed by atoms with Gasteiger partial charge in [0.2, 0.25) is 0 Å². The second-order valence-electron chi connectivity index (χ2n) is 19.1. The summed E-state index contributed by atoms with van der Waals surface area (Å²) in [5, 5.41) is 3.37. The Kier molecular flexibility index (Phi) is 48.5. The summed E-state index contributed by atoms with van der Waals surface area (Å²) in [5.74, 6) is 0. The summed E-state index contributed by atoms with van der Waals surface area (Å²) in [5.41, 5.74) is 4.76. The maximum absolute atomic E-state index is 4.90. The van der Waals surface area contributed by atoms with Gasteiger partial charge in [0.1, 0.15) is 0 Å². The van der Waals surface area contributed by atoms with E-state index in [4.69, 9.17) is 9.97 Å². The van der Waals surface area contributed by atoms with Crippen molar-refractivity contribution >= 4 is 0 Å². The van der Waals surface area contributed by atoms with Gasteiger partial charge in [0.05, 0.1) is 22.8 Å². The first-order valence-corrected chi connectivity index (χ1v) is 29.9. The number of likely N-dealkylation sites (N-methyl/N-ethyl adjacent to an activating group) is 6. The highest BCUT2D eigenvalue weighted by molar-refractivity contribution is 5.12. The second kappa shape index (κ2) is 48.5. The lowest BCUT2D eigenvalue weighted by Crippen LogP contribution is -2.39. The van der Waals surface area contributed by atoms with Gasteiger partial charge in [-0.25, -0.2) is 0 Å². The van der Waals surface area contributed by atoms with Crippen molar-refractivity contribution in [1.82, 2.24) is 59.4 Å². The van der Waals surface area contributed by atoms with Crippen molar-refractivity contribution < 1.29 is 0 Å². The quantitative estimate of drug-likeness (QED) is 0.0649. The topological polar surface area (TPSA) is 67.0 Å². The van der Waals surface area contributed by atoms with Crippen molar-refractivity contribution in [3.8, 4) is 0 Å². The van der Waals surface area contributed by atoms with Crippen LogP contribution in [-0.2, 0) is 26.2 Å². The lowest BCUT2D eigenvalue weighted by atomic mass is 10.2. The lowest BCUT2D eigenvalue weighted by Gasteiger charge is -2.28. The molecule has 0 aliphatic heterocycles. The summed E-state index contributed by atoms with van der Waals surface area (Å²) < 4.78 is 0. The summed E-state index contributed by atoms with van der Waals surface area (Å²) >= 11 is 0. The molecular formula is C60H124N12. The number of aromatic nitrogens is 2. The first-order chi connectivity index (χ1) is 34.8. The molecule has 0 bridgehead atoms. The highest BCUT2D eigenvalue weighted by Crippen LogP contribution is 2.13. The minimum atomic E-state index is 0.614. The molecular weight excluding hydrogens is 889 g/mol. The molecule has 2 aromatic heterocycles. The Labute approximate surface area is 450 Å². The van der Waals surface area contributed by atoms with E-state index in [-0.39, 0.29) is 0 Å². The molecule has 0 aromatic carbocycles. The fourth-order valence-corrected chi connectivity index (χ4v) is 8.59. The Balaban J connectivity index is 0. The molecule has 0 radical (unpaired) electrons. The summed E-state index contributed by atoms with van der Waals surface area (Å²) in [6.45, 7) is 72.7. The predicted octanol–water partition coefficient (Wildman–Crippen LogP) is 10.3. The first kappa shape index (κ1) is 72.0. The molecule has 2 unspecified atom stereocenters. The van der Waals surface area contributed by atoms with Gasteiger partial charge in [-0.2, -0.15) is 0 Å². The fraction of sp³-hybridized carbons (Fsp3) is 0.833. The van der Waals surface area contributed by atoms with Gasteiger partial charge in [0.25, 0.3) is 0 Å². The third kappa shape index (κ3) is 34.5. The number of hydrogen-bond acceptors (Lipinski definition) is 12. The molecule has 0 saturated carbocycles. The highest BCUT2D eigenvalue weighted by atomic mass is 15.2. The molecule has 0 aliphatic carbocycles. The summed E-state index contributed by atoms with van der Waals surface area (Å²) in [7, 11) is 0. The Bertz CT molecular complexity index is 1350. The molecule has 1 N–H and O–H groups in total. The average Bonchev–Trinajstić information content (AvgIpc) is 3.42. The van der Waals surface area contributed by atoms with E-state index in [9.17, 15) is 0 Å². The van der Waals surface area contributed by atoms with Gasteiger partial charge in [0, 0.05) is 90.6 Å². The number of nitrogens with one attached hydrogen (secondary N) is 1. The summed E-state index contributed by atoms with van der Waals surface area (Å²) in [6.07, 6.45) is 2.37. The van der Waals surface area contributed by atoms with E-state index >= 15 is 0 Å². The van der Waals surface area contributed by atoms with Crippen molar-refractivity contribution in [1.29, 1.82) is 0 Å². The molecule has 2 aromatic rings. The Morgan fingerprint density at radius 2 is 0.597 bits per heavy atom. The third-order valence-electron chi connectivity index (χ3n) is 14.9. The molecule has 2 rings (SSSR count). The smallest absolute Gasteiger partial charge is 0.0547 e. The van der Waals surface area contributed by atoms with Crippen molar-refractivity contribution in [2.24, 2.45) is 0 Å². The Morgan fingerprint density at radius 1 is 0.333 bits per heavy atom. The zero-order valence-corrected chi connectivity index (χ0v) is 51.5. The summed E-state index contributed by atoms with van der Waals surface area (Å²) in [6, 6.07) is 14.1. The molecule has 72 heavy (non-hydrogen) atoms. The van der Waals surface area contributed by atoms with Crippen molar-refractivity contribution in [2.75, 3.05) is 151 Å². The van der Waals surface area contributed by atoms with Gasteiger partial charge in [-0.15, -0.1) is 0 Å². The molecule has 0 spiro atoms. The van der Waals surface area contributed by atoms with Crippen LogP contribution < -0.4 is 5.32 Å². The number of rotatable bonds is 39. The Morgan fingerprint density at radius 3 is 0.847 bits per heavy atom. The first-order valence-electron chi connectivity index (χ1n) is 29.9. The van der Waals surface area contributed by atoms with Gasteiger partial charge >= 0.3 is 0 Å². The van der Waals surface area contributed by atoms with Crippen LogP contribution in [0.3, 0.4) is 0 Å². The van der Waals surface area contributed by atoms with Crippen LogP contribution in [0.4, 0.5) is 0 Å². The van der Waals surface area contributed by atoms with Crippen LogP contribution in [-0.4, -0.2) is 217 Å². The number of hydrogen-bond donors (Lipinski definition) is 1. The maximum atomic E-state index is 4.90. The van der Waals surface area contributed by atoms with E-state index in [0.29, 0.717) is 12.1 Å². The third-order valence-corrected chi connectivity index (χ3v) is 14.9. The standard InChI is InChI=1S/C19H35N3.C15H27N3.C14H33N3.C12H29N3/c1-7-16(5)21(9-3)14-18-12-11-13-19(20-18)15-22(10-4)17(6)8-2;1-5-17(6-2)12-14-10-9-11-15(16-14)13-18(7-3)8-4;1-6-15(7-2)11-13-17(10-5)14-12-16(8-3)9-4;1-5-13-9-10-15(8-4)12-11-14(6-2)7-3/h11-13,16-17H,7-10,14-15H2,1-6H3;9-11H,5-8,12-13H2,1-4H3;6-14H2,1-5H3;13H,5-12H2,1-4H3. The molecule has 0 amide bonds. The molecule has 12 nitrogen and oxygen atoms in total. The van der Waals surface area contributed by atoms with E-state index in [1.807, 2.05) is 0 Å². The molecule has 2 atom stereocenters. The van der Waals surface area contributed by atoms with Crippen LogP contribution in [0.2, 0.25) is 0 Å². The predicted molar refractivity (Wildman–Crippen MR) is 320 cm³/mol. The number of pyridine rings is 2. The SMILES string of the molecule is CCC(C)N(CC)Cc1cccc(CN(CC)C(C)CC)n1.CCN(CC)CCN(CC)CCN(CC)CC.CCN(CC)Cc1cccc(CN(CC)CC)n1.CCNCCN(CC)CCN(CC)CC. The molecule has 0 fully saturated rings. The highest BCUT2D eigenvalue weighted by Gasteiger charge is 2.15. The van der Waals surface area contributed by atoms with Gasteiger partial charge in [0.15, 0.2) is 0 Å².